The number of rotatable bonds is 4. The molecule has 0 fully saturated rings. The SMILES string of the molecule is O=C(Nc1ccc(-c2ccccc2F)c(F)c1)c1c(-c2ccnc(F)c2Cl)c2ccc1o2. The number of furan rings is 2. The van der Waals surface area contributed by atoms with Crippen molar-refractivity contribution in [2.45, 2.75) is 0 Å². The minimum atomic E-state index is -0.875. The van der Waals surface area contributed by atoms with Crippen LogP contribution in [0.5, 0.6) is 0 Å². The van der Waals surface area contributed by atoms with E-state index in [9.17, 15) is 18.0 Å². The molecule has 4 nitrogen and oxygen atoms in total. The van der Waals surface area contributed by atoms with Gasteiger partial charge in [-0.1, -0.05) is 29.8 Å². The Kier molecular flexibility index (Phi) is 4.83. The molecule has 0 aliphatic carbocycles. The zero-order valence-electron chi connectivity index (χ0n) is 16.1. The minimum Gasteiger partial charge on any atom is -0.456 e. The van der Waals surface area contributed by atoms with Gasteiger partial charge in [-0.05, 0) is 42.5 Å². The Morgan fingerprint density at radius 2 is 1.62 bits per heavy atom. The molecule has 3 aromatic heterocycles. The number of halogens is 4. The predicted molar refractivity (Wildman–Crippen MR) is 115 cm³/mol. The second-order valence-electron chi connectivity index (χ2n) is 7.01. The highest BCUT2D eigenvalue weighted by Gasteiger charge is 2.26. The number of carbonyl (C=O) groups is 1. The number of anilines is 1. The topological polar surface area (TPSA) is 55.1 Å². The molecule has 5 rings (SSSR count). The summed E-state index contributed by atoms with van der Waals surface area (Å²) in [6.45, 7) is 0. The van der Waals surface area contributed by atoms with Crippen molar-refractivity contribution in [2.24, 2.45) is 0 Å². The number of carbonyl (C=O) groups excluding carboxylic acids is 1. The van der Waals surface area contributed by atoms with E-state index in [-0.39, 0.29) is 38.5 Å². The van der Waals surface area contributed by atoms with E-state index in [1.165, 1.54) is 42.6 Å². The van der Waals surface area contributed by atoms with Gasteiger partial charge in [0.05, 0.1) is 5.56 Å². The Labute approximate surface area is 184 Å². The van der Waals surface area contributed by atoms with Gasteiger partial charge in [-0.3, -0.25) is 4.79 Å². The molecule has 2 aromatic carbocycles. The zero-order valence-corrected chi connectivity index (χ0v) is 16.9. The third-order valence-electron chi connectivity index (χ3n) is 5.08. The van der Waals surface area contributed by atoms with Gasteiger partial charge in [0.25, 0.3) is 5.91 Å². The van der Waals surface area contributed by atoms with Crippen molar-refractivity contribution in [1.29, 1.82) is 0 Å². The molecule has 32 heavy (non-hydrogen) atoms. The summed E-state index contributed by atoms with van der Waals surface area (Å²) < 4.78 is 48.2. The first-order valence-electron chi connectivity index (χ1n) is 9.45. The van der Waals surface area contributed by atoms with Gasteiger partial charge in [-0.2, -0.15) is 4.39 Å². The standard InChI is InChI=1S/C24H12ClF3N2O2/c25-22-15(9-10-29-23(22)28)20-18-7-8-19(32-18)21(20)24(31)30-12-5-6-14(17(27)11-12)13-3-1-2-4-16(13)26/h1-11H,(H,30,31). The average Bonchev–Trinajstić information content (AvgIpc) is 3.38. The normalized spacial score (nSPS) is 11.2. The lowest BCUT2D eigenvalue weighted by Gasteiger charge is -2.11. The first kappa shape index (κ1) is 20.1. The first-order chi connectivity index (χ1) is 15.4. The third kappa shape index (κ3) is 3.27. The van der Waals surface area contributed by atoms with E-state index in [4.69, 9.17) is 16.0 Å². The lowest BCUT2D eigenvalue weighted by atomic mass is 9.99. The number of nitrogens with zero attached hydrogens (tertiary/aromatic N) is 1. The summed E-state index contributed by atoms with van der Waals surface area (Å²) in [6.07, 6.45) is 1.23. The summed E-state index contributed by atoms with van der Waals surface area (Å²) in [7, 11) is 0. The smallest absolute Gasteiger partial charge is 0.260 e. The number of hydrogen-bond donors (Lipinski definition) is 1. The van der Waals surface area contributed by atoms with Gasteiger partial charge in [0.1, 0.15) is 27.8 Å². The molecule has 158 valence electrons. The number of fused-ring (bicyclic) bond motifs is 2. The highest BCUT2D eigenvalue weighted by Crippen LogP contribution is 2.40. The Morgan fingerprint density at radius 3 is 2.41 bits per heavy atom. The predicted octanol–water partition coefficient (Wildman–Crippen LogP) is 6.92. The molecule has 0 radical (unpaired) electrons. The summed E-state index contributed by atoms with van der Waals surface area (Å²) in [5, 5.41) is 2.36. The van der Waals surface area contributed by atoms with E-state index >= 15 is 0 Å². The molecule has 0 saturated heterocycles. The van der Waals surface area contributed by atoms with Crippen LogP contribution in [0.4, 0.5) is 18.9 Å². The minimum absolute atomic E-state index is 0.0659. The Balaban J connectivity index is 1.50. The highest BCUT2D eigenvalue weighted by molar-refractivity contribution is 6.34. The van der Waals surface area contributed by atoms with E-state index in [1.54, 1.807) is 18.2 Å². The zero-order chi connectivity index (χ0) is 22.4. The van der Waals surface area contributed by atoms with Crippen LogP contribution in [0.25, 0.3) is 33.4 Å². The Bertz CT molecular complexity index is 1480. The van der Waals surface area contributed by atoms with Crippen molar-refractivity contribution in [3.05, 3.63) is 95.0 Å². The summed E-state index contributed by atoms with van der Waals surface area (Å²) in [5.74, 6) is -2.73. The number of benzene rings is 3. The number of hydrogen-bond acceptors (Lipinski definition) is 3. The largest absolute Gasteiger partial charge is 0.456 e. The van der Waals surface area contributed by atoms with Crippen molar-refractivity contribution in [3.63, 3.8) is 0 Å². The van der Waals surface area contributed by atoms with Crippen LogP contribution in [0.1, 0.15) is 10.4 Å². The maximum Gasteiger partial charge on any atom is 0.260 e. The Hall–Kier alpha value is -3.84. The lowest BCUT2D eigenvalue weighted by Crippen LogP contribution is -2.13. The second-order valence-corrected chi connectivity index (χ2v) is 7.38. The quantitative estimate of drug-likeness (QED) is 0.301. The molecule has 2 bridgehead atoms. The van der Waals surface area contributed by atoms with E-state index in [2.05, 4.69) is 10.3 Å². The monoisotopic (exact) mass is 452 g/mol. The molecule has 0 aliphatic heterocycles. The lowest BCUT2D eigenvalue weighted by molar-refractivity contribution is 0.102. The van der Waals surface area contributed by atoms with Gasteiger partial charge in [-0.15, -0.1) is 0 Å². The molecule has 8 heteroatoms. The van der Waals surface area contributed by atoms with E-state index < -0.39 is 23.5 Å². The van der Waals surface area contributed by atoms with Gasteiger partial charge >= 0.3 is 0 Å². The summed E-state index contributed by atoms with van der Waals surface area (Å²) in [4.78, 5) is 16.5. The van der Waals surface area contributed by atoms with Crippen LogP contribution in [-0.2, 0) is 0 Å². The van der Waals surface area contributed by atoms with E-state index in [0.717, 1.165) is 6.07 Å². The third-order valence-corrected chi connectivity index (χ3v) is 5.44. The first-order valence-corrected chi connectivity index (χ1v) is 9.83. The molecule has 0 spiro atoms. The molecule has 0 aliphatic rings. The van der Waals surface area contributed by atoms with Crippen LogP contribution in [0, 0.1) is 17.6 Å². The molecule has 1 amide bonds. The van der Waals surface area contributed by atoms with Gasteiger partial charge in [0, 0.05) is 34.1 Å². The van der Waals surface area contributed by atoms with Crippen molar-refractivity contribution >= 4 is 34.4 Å². The fraction of sp³-hybridized carbons (Fsp3) is 0. The second kappa shape index (κ2) is 7.69. The van der Waals surface area contributed by atoms with Crippen LogP contribution in [0.3, 0.4) is 0 Å². The van der Waals surface area contributed by atoms with Gasteiger partial charge in [-0.25, -0.2) is 13.8 Å². The maximum absolute atomic E-state index is 14.7. The van der Waals surface area contributed by atoms with Gasteiger partial charge < -0.3 is 9.73 Å². The van der Waals surface area contributed by atoms with E-state index in [0.29, 0.717) is 11.1 Å². The summed E-state index contributed by atoms with van der Waals surface area (Å²) >= 11 is 6.06. The van der Waals surface area contributed by atoms with Crippen LogP contribution in [0.2, 0.25) is 5.02 Å². The molecular formula is C24H12ClF3N2O2. The van der Waals surface area contributed by atoms with E-state index in [1.807, 2.05) is 0 Å². The summed E-state index contributed by atoms with van der Waals surface area (Å²) in [6, 6.07) is 14.5. The maximum atomic E-state index is 14.7. The molecule has 3 heterocycles. The van der Waals surface area contributed by atoms with Crippen LogP contribution < -0.4 is 5.32 Å². The van der Waals surface area contributed by atoms with Gasteiger partial charge in [0.2, 0.25) is 5.95 Å². The average molecular weight is 453 g/mol. The molecule has 5 aromatic rings. The Morgan fingerprint density at radius 1 is 0.875 bits per heavy atom. The summed E-state index contributed by atoms with van der Waals surface area (Å²) in [5.41, 5.74) is 1.65. The molecule has 0 unspecified atom stereocenters. The van der Waals surface area contributed by atoms with Crippen molar-refractivity contribution in [3.8, 4) is 22.3 Å². The van der Waals surface area contributed by atoms with Crippen molar-refractivity contribution in [2.75, 3.05) is 5.32 Å². The van der Waals surface area contributed by atoms with Crippen LogP contribution in [0.15, 0.2) is 71.3 Å². The number of pyridine rings is 1. The molecular weight excluding hydrogens is 441 g/mol. The number of nitrogens with one attached hydrogen (secondary N) is 1. The molecule has 0 saturated carbocycles. The van der Waals surface area contributed by atoms with Crippen molar-refractivity contribution < 1.29 is 22.4 Å². The molecule has 1 N–H and O–H groups in total. The van der Waals surface area contributed by atoms with Crippen LogP contribution >= 0.6 is 11.6 Å². The fourth-order valence-electron chi connectivity index (χ4n) is 3.64. The van der Waals surface area contributed by atoms with Crippen molar-refractivity contribution in [1.82, 2.24) is 4.98 Å². The molecule has 0 atom stereocenters. The highest BCUT2D eigenvalue weighted by atomic mass is 35.5. The van der Waals surface area contributed by atoms with Gasteiger partial charge in [0.15, 0.2) is 0 Å². The van der Waals surface area contributed by atoms with Crippen LogP contribution in [-0.4, -0.2) is 10.9 Å². The number of amides is 1. The fourth-order valence-corrected chi connectivity index (χ4v) is 3.85. The number of aromatic nitrogens is 1.